The molecule has 0 fully saturated rings. The van der Waals surface area contributed by atoms with Gasteiger partial charge in [0.1, 0.15) is 37.9 Å². The molecule has 0 aromatic heterocycles. The van der Waals surface area contributed by atoms with Crippen LogP contribution in [0.4, 0.5) is 11.4 Å². The first-order valence-corrected chi connectivity index (χ1v) is 29.5. The summed E-state index contributed by atoms with van der Waals surface area (Å²) in [5.41, 5.74) is 10.1. The van der Waals surface area contributed by atoms with Crippen molar-refractivity contribution in [1.82, 2.24) is 0 Å². The summed E-state index contributed by atoms with van der Waals surface area (Å²) in [6.07, 6.45) is 5.91. The molecule has 2 aliphatic heterocycles. The van der Waals surface area contributed by atoms with E-state index < -0.39 is 11.4 Å². The van der Waals surface area contributed by atoms with Crippen LogP contribution < -0.4 is 19.3 Å². The van der Waals surface area contributed by atoms with Gasteiger partial charge in [-0.2, -0.15) is 0 Å². The van der Waals surface area contributed by atoms with Crippen molar-refractivity contribution in [2.45, 2.75) is 120 Å². The van der Waals surface area contributed by atoms with Gasteiger partial charge in [0, 0.05) is 5.57 Å². The fourth-order valence-electron chi connectivity index (χ4n) is 12.0. The Morgan fingerprint density at radius 3 is 1.06 bits per heavy atom. The average Bonchev–Trinajstić information content (AvgIpc) is 4.09. The summed E-state index contributed by atoms with van der Waals surface area (Å²) in [6, 6.07) is 32.3. The van der Waals surface area contributed by atoms with Crippen LogP contribution in [0.15, 0.2) is 109 Å². The van der Waals surface area contributed by atoms with E-state index in [1.807, 2.05) is 104 Å². The van der Waals surface area contributed by atoms with Crippen molar-refractivity contribution in [2.24, 2.45) is 5.41 Å². The lowest BCUT2D eigenvalue weighted by molar-refractivity contribution is -0.153. The Bertz CT molecular complexity index is 4190. The number of fused-ring (bicyclic) bond motifs is 8. The molecule has 0 bridgehead atoms. The van der Waals surface area contributed by atoms with Gasteiger partial charge in [0.25, 0.3) is 23.6 Å². The molecule has 0 radical (unpaired) electrons. The van der Waals surface area contributed by atoms with Gasteiger partial charge < -0.3 is 18.9 Å². The van der Waals surface area contributed by atoms with Crippen LogP contribution in [0.2, 0.25) is 0 Å². The SMILES string of the molecule is C=C(C)C(=O)OCCOc1cc(C(C)C)c(N2C(=O)c3cc4cc5cc6c(cc5cc4cc3C2=O)CCc2cc3cc4cc5c(cc4cc3cc2/C=C\6)C(=O)N(c2c(C(C)C)cc(OCCOC(=O)C(C)(C)C)cc2C(C)C)C5=O)c(C(C)C)c1. The predicted octanol–water partition coefficient (Wildman–Crippen LogP) is 16.1. The van der Waals surface area contributed by atoms with E-state index in [2.05, 4.69) is 67.3 Å². The highest BCUT2D eigenvalue weighted by Gasteiger charge is 2.42. The topological polar surface area (TPSA) is 146 Å². The molecule has 2 heterocycles. The Labute approximate surface area is 496 Å². The highest BCUT2D eigenvalue weighted by Crippen LogP contribution is 2.46. The minimum absolute atomic E-state index is 0.0475. The lowest BCUT2D eigenvalue weighted by Crippen LogP contribution is -2.32. The first-order chi connectivity index (χ1) is 40.4. The second-order valence-corrected chi connectivity index (χ2v) is 25.2. The Hall–Kier alpha value is -8.90. The number of carbonyl (C=O) groups excluding carboxylic acids is 6. The zero-order chi connectivity index (χ0) is 60.7. The number of anilines is 2. The van der Waals surface area contributed by atoms with E-state index in [1.54, 1.807) is 27.7 Å². The van der Waals surface area contributed by atoms with E-state index in [-0.39, 0.29) is 79.7 Å². The fourth-order valence-corrected chi connectivity index (χ4v) is 12.0. The van der Waals surface area contributed by atoms with Gasteiger partial charge in [-0.3, -0.25) is 24.0 Å². The van der Waals surface area contributed by atoms with Gasteiger partial charge in [0.2, 0.25) is 0 Å². The molecule has 0 unspecified atom stereocenters. The van der Waals surface area contributed by atoms with Crippen molar-refractivity contribution >= 4 is 102 Å². The third-order valence-corrected chi connectivity index (χ3v) is 16.6. The Balaban J connectivity index is 0.865. The van der Waals surface area contributed by atoms with Gasteiger partial charge in [0.15, 0.2) is 0 Å². The molecule has 0 saturated heterocycles. The maximum Gasteiger partial charge on any atom is 0.333 e. The number of esters is 2. The zero-order valence-electron chi connectivity index (χ0n) is 50.6. The number of imide groups is 2. The number of hydrogen-bond acceptors (Lipinski definition) is 10. The van der Waals surface area contributed by atoms with Crippen molar-refractivity contribution in [2.75, 3.05) is 36.2 Å². The number of carbonyl (C=O) groups is 6. The Morgan fingerprint density at radius 2 is 0.753 bits per heavy atom. The van der Waals surface area contributed by atoms with Gasteiger partial charge in [-0.25, -0.2) is 14.6 Å². The number of nitrogens with zero attached hydrogens (tertiary/aromatic N) is 2. The molecule has 4 amide bonds. The molecule has 434 valence electrons. The number of rotatable bonds is 15. The van der Waals surface area contributed by atoms with Gasteiger partial charge in [-0.15, -0.1) is 0 Å². The number of benzene rings is 8. The molecule has 1 aliphatic carbocycles. The van der Waals surface area contributed by atoms with Gasteiger partial charge in [-0.05, 0) is 237 Å². The van der Waals surface area contributed by atoms with E-state index >= 15 is 0 Å². The number of hydrogen-bond donors (Lipinski definition) is 0. The van der Waals surface area contributed by atoms with Gasteiger partial charge >= 0.3 is 11.9 Å². The van der Waals surface area contributed by atoms with Crippen molar-refractivity contribution in [1.29, 1.82) is 0 Å². The van der Waals surface area contributed by atoms with E-state index in [4.69, 9.17) is 18.9 Å². The number of amides is 4. The van der Waals surface area contributed by atoms with Crippen LogP contribution in [-0.2, 0) is 31.9 Å². The summed E-state index contributed by atoms with van der Waals surface area (Å²) in [5.74, 6) is -1.36. The molecule has 0 atom stereocenters. The zero-order valence-corrected chi connectivity index (χ0v) is 50.6. The maximum atomic E-state index is 14.6. The smallest absolute Gasteiger partial charge is 0.333 e. The van der Waals surface area contributed by atoms with Crippen molar-refractivity contribution in [3.63, 3.8) is 0 Å². The van der Waals surface area contributed by atoms with E-state index in [0.717, 1.165) is 89.3 Å². The third kappa shape index (κ3) is 10.8. The third-order valence-electron chi connectivity index (χ3n) is 16.6. The second kappa shape index (κ2) is 22.3. The molecule has 0 N–H and O–H groups in total. The van der Waals surface area contributed by atoms with E-state index in [9.17, 15) is 28.8 Å². The predicted molar refractivity (Wildman–Crippen MR) is 338 cm³/mol. The molecule has 8 aromatic carbocycles. The van der Waals surface area contributed by atoms with Crippen molar-refractivity contribution in [3.8, 4) is 11.5 Å². The van der Waals surface area contributed by atoms with Crippen molar-refractivity contribution < 1.29 is 47.7 Å². The summed E-state index contributed by atoms with van der Waals surface area (Å²) < 4.78 is 22.9. The van der Waals surface area contributed by atoms with Crippen LogP contribution in [0.3, 0.4) is 0 Å². The lowest BCUT2D eigenvalue weighted by atomic mass is 9.88. The van der Waals surface area contributed by atoms with Crippen LogP contribution in [0.25, 0.3) is 55.2 Å². The summed E-state index contributed by atoms with van der Waals surface area (Å²) in [4.78, 5) is 85.5. The normalized spacial score (nSPS) is 14.4. The van der Waals surface area contributed by atoms with Crippen LogP contribution in [0, 0.1) is 5.41 Å². The fraction of sp³-hybridized carbons (Fsp3) is 0.315. The highest BCUT2D eigenvalue weighted by atomic mass is 16.6. The molecule has 3 aliphatic rings. The molecule has 11 rings (SSSR count). The van der Waals surface area contributed by atoms with Crippen LogP contribution >= 0.6 is 0 Å². The molecule has 12 nitrogen and oxygen atoms in total. The summed E-state index contributed by atoms with van der Waals surface area (Å²) in [6.45, 7) is 27.3. The molecular weight excluding hydrogens is 1060 g/mol. The molecule has 85 heavy (non-hydrogen) atoms. The average molecular weight is 1140 g/mol. The summed E-state index contributed by atoms with van der Waals surface area (Å²) in [7, 11) is 0. The monoisotopic (exact) mass is 1140 g/mol. The second-order valence-electron chi connectivity index (χ2n) is 25.2. The molecule has 0 saturated carbocycles. The molecule has 8 aromatic rings. The lowest BCUT2D eigenvalue weighted by Gasteiger charge is -2.26. The summed E-state index contributed by atoms with van der Waals surface area (Å²) >= 11 is 0. The Kier molecular flexibility index (Phi) is 15.2. The van der Waals surface area contributed by atoms with E-state index in [1.165, 1.54) is 20.9 Å². The number of ether oxygens (including phenoxy) is 4. The quantitative estimate of drug-likeness (QED) is 0.0320. The minimum Gasteiger partial charge on any atom is -0.490 e. The van der Waals surface area contributed by atoms with Gasteiger partial charge in [-0.1, -0.05) is 86.3 Å². The van der Waals surface area contributed by atoms with Crippen molar-refractivity contribution in [3.05, 3.63) is 176 Å². The highest BCUT2D eigenvalue weighted by molar-refractivity contribution is 6.37. The summed E-state index contributed by atoms with van der Waals surface area (Å²) in [5, 5.41) is 7.56. The maximum absolute atomic E-state index is 14.6. The minimum atomic E-state index is -0.626. The van der Waals surface area contributed by atoms with Crippen LogP contribution in [0.1, 0.15) is 193 Å². The molecular formula is C73H72N2O10. The standard InChI is InChI=1S/C73H72N2O10/c1-38(2)57-34-55(82-18-20-84-71(80)42(9)10)35-58(39(3)4)65(57)74-67(76)61-30-51-26-47-22-43-14-16-45-24-49-28-53-32-63-64(33-54(53)29-50(49)25-46(45)17-15-44(43)23-48(47)27-52(51)31-62(61)68(74)77)70(79)75(69(63)78)66-59(40(5)6)36-56(37-60(66)41(7)8)83-19-21-85-72(81)73(11,12)13/h14,16,22-41H,9,15,17-21H2,1-8,10-13H3/b16-14-. The number of aryl methyl sites for hydroxylation is 2. The van der Waals surface area contributed by atoms with Gasteiger partial charge in [0.05, 0.1) is 39.0 Å². The first-order valence-electron chi connectivity index (χ1n) is 29.5. The largest absolute Gasteiger partial charge is 0.490 e. The first kappa shape index (κ1) is 57.9. The Morgan fingerprint density at radius 1 is 0.447 bits per heavy atom. The molecule has 12 heteroatoms. The van der Waals surface area contributed by atoms with Crippen LogP contribution in [0.5, 0.6) is 11.5 Å². The van der Waals surface area contributed by atoms with Crippen LogP contribution in [-0.4, -0.2) is 62.0 Å². The molecule has 0 spiro atoms. The van der Waals surface area contributed by atoms with E-state index in [0.29, 0.717) is 50.7 Å².